The Morgan fingerprint density at radius 3 is 2.32 bits per heavy atom. The standard InChI is InChI=1S/C25H29FN4O/c1-18(31)17-29-12-14-30(15-13-29)25-22(16-21-10-6-7-11-23(21)26)19(2)27-24(28-25)20-8-4-3-5-9-20/h3-11,18,31H,12-17H2,1-2H3/t18-/m1/s1. The molecule has 4 rings (SSSR count). The minimum atomic E-state index is -0.339. The smallest absolute Gasteiger partial charge is 0.161 e. The van der Waals surface area contributed by atoms with Crippen LogP contribution in [0.2, 0.25) is 0 Å². The van der Waals surface area contributed by atoms with Crippen molar-refractivity contribution in [3.8, 4) is 11.4 Å². The van der Waals surface area contributed by atoms with Crippen molar-refractivity contribution in [1.82, 2.24) is 14.9 Å². The van der Waals surface area contributed by atoms with Gasteiger partial charge in [-0.3, -0.25) is 4.90 Å². The summed E-state index contributed by atoms with van der Waals surface area (Å²) in [5.74, 6) is 1.37. The van der Waals surface area contributed by atoms with Gasteiger partial charge in [-0.15, -0.1) is 0 Å². The van der Waals surface area contributed by atoms with Gasteiger partial charge in [0.25, 0.3) is 0 Å². The van der Waals surface area contributed by atoms with Crippen molar-refractivity contribution in [2.75, 3.05) is 37.6 Å². The van der Waals surface area contributed by atoms with E-state index in [2.05, 4.69) is 9.80 Å². The topological polar surface area (TPSA) is 52.5 Å². The first-order valence-corrected chi connectivity index (χ1v) is 10.8. The number of hydrogen-bond donors (Lipinski definition) is 1. The lowest BCUT2D eigenvalue weighted by atomic mass is 10.0. The van der Waals surface area contributed by atoms with Gasteiger partial charge in [-0.1, -0.05) is 48.5 Å². The fourth-order valence-corrected chi connectivity index (χ4v) is 4.11. The molecule has 0 saturated carbocycles. The average molecular weight is 421 g/mol. The van der Waals surface area contributed by atoms with E-state index in [1.165, 1.54) is 6.07 Å². The Morgan fingerprint density at radius 1 is 0.968 bits per heavy atom. The van der Waals surface area contributed by atoms with E-state index in [0.29, 0.717) is 24.4 Å². The van der Waals surface area contributed by atoms with E-state index in [1.54, 1.807) is 6.07 Å². The molecule has 1 saturated heterocycles. The lowest BCUT2D eigenvalue weighted by Crippen LogP contribution is -2.48. The van der Waals surface area contributed by atoms with Gasteiger partial charge in [0.2, 0.25) is 0 Å². The maximum absolute atomic E-state index is 14.4. The molecule has 3 aromatic rings. The molecule has 6 heteroatoms. The van der Waals surface area contributed by atoms with Gasteiger partial charge in [0.05, 0.1) is 6.10 Å². The highest BCUT2D eigenvalue weighted by molar-refractivity contribution is 5.61. The average Bonchev–Trinajstić information content (AvgIpc) is 2.77. The molecule has 5 nitrogen and oxygen atoms in total. The largest absolute Gasteiger partial charge is 0.392 e. The van der Waals surface area contributed by atoms with E-state index < -0.39 is 0 Å². The van der Waals surface area contributed by atoms with Crippen molar-refractivity contribution in [3.63, 3.8) is 0 Å². The summed E-state index contributed by atoms with van der Waals surface area (Å²) in [7, 11) is 0. The van der Waals surface area contributed by atoms with Crippen LogP contribution in [-0.2, 0) is 6.42 Å². The third-order valence-corrected chi connectivity index (χ3v) is 5.74. The maximum Gasteiger partial charge on any atom is 0.161 e. The molecule has 2 aromatic carbocycles. The quantitative estimate of drug-likeness (QED) is 0.659. The lowest BCUT2D eigenvalue weighted by Gasteiger charge is -2.37. The summed E-state index contributed by atoms with van der Waals surface area (Å²) in [6.45, 7) is 7.80. The Bertz CT molecular complexity index is 1020. The maximum atomic E-state index is 14.4. The first-order chi connectivity index (χ1) is 15.0. The van der Waals surface area contributed by atoms with Crippen molar-refractivity contribution in [1.29, 1.82) is 0 Å². The summed E-state index contributed by atoms with van der Waals surface area (Å²) in [5.41, 5.74) is 3.46. The number of aryl methyl sites for hydroxylation is 1. The number of hydrogen-bond acceptors (Lipinski definition) is 5. The van der Waals surface area contributed by atoms with Crippen LogP contribution >= 0.6 is 0 Å². The molecule has 0 spiro atoms. The fraction of sp³-hybridized carbons (Fsp3) is 0.360. The number of nitrogens with zero attached hydrogens (tertiary/aromatic N) is 4. The molecular weight excluding hydrogens is 391 g/mol. The number of aromatic nitrogens is 2. The van der Waals surface area contributed by atoms with Gasteiger partial charge >= 0.3 is 0 Å². The first kappa shape index (κ1) is 21.4. The minimum Gasteiger partial charge on any atom is -0.392 e. The van der Waals surface area contributed by atoms with Crippen LogP contribution in [0.4, 0.5) is 10.2 Å². The molecule has 162 valence electrons. The van der Waals surface area contributed by atoms with Gasteiger partial charge in [0.15, 0.2) is 5.82 Å². The summed E-state index contributed by atoms with van der Waals surface area (Å²) in [5, 5.41) is 9.71. The number of aliphatic hydroxyl groups excluding tert-OH is 1. The summed E-state index contributed by atoms with van der Waals surface area (Å²) < 4.78 is 14.4. The number of halogens is 1. The van der Waals surface area contributed by atoms with Crippen LogP contribution in [0, 0.1) is 12.7 Å². The van der Waals surface area contributed by atoms with Gasteiger partial charge in [-0.25, -0.2) is 14.4 Å². The minimum absolute atomic E-state index is 0.207. The normalized spacial score (nSPS) is 15.8. The van der Waals surface area contributed by atoms with E-state index in [1.807, 2.05) is 56.3 Å². The zero-order valence-corrected chi connectivity index (χ0v) is 18.1. The molecule has 1 aliphatic rings. The second-order valence-corrected chi connectivity index (χ2v) is 8.21. The molecule has 1 N–H and O–H groups in total. The van der Waals surface area contributed by atoms with Crippen LogP contribution in [0.25, 0.3) is 11.4 Å². The molecule has 1 atom stereocenters. The van der Waals surface area contributed by atoms with E-state index in [0.717, 1.165) is 48.8 Å². The fourth-order valence-electron chi connectivity index (χ4n) is 4.11. The van der Waals surface area contributed by atoms with E-state index in [9.17, 15) is 9.50 Å². The highest BCUT2D eigenvalue weighted by Gasteiger charge is 2.24. The number of anilines is 1. The molecule has 0 unspecified atom stereocenters. The zero-order chi connectivity index (χ0) is 21.8. The summed E-state index contributed by atoms with van der Waals surface area (Å²) in [6, 6.07) is 16.9. The van der Waals surface area contributed by atoms with Crippen LogP contribution in [0.3, 0.4) is 0 Å². The molecule has 0 aliphatic carbocycles. The Kier molecular flexibility index (Phi) is 6.59. The second kappa shape index (κ2) is 9.54. The molecule has 0 radical (unpaired) electrons. The van der Waals surface area contributed by atoms with Crippen molar-refractivity contribution < 1.29 is 9.50 Å². The predicted molar refractivity (Wildman–Crippen MR) is 122 cm³/mol. The third kappa shape index (κ3) is 5.09. The van der Waals surface area contributed by atoms with Gasteiger partial charge in [-0.05, 0) is 25.5 Å². The second-order valence-electron chi connectivity index (χ2n) is 8.21. The van der Waals surface area contributed by atoms with Crippen LogP contribution in [0.1, 0.15) is 23.7 Å². The summed E-state index contributed by atoms with van der Waals surface area (Å²) >= 11 is 0. The Labute approximate surface area is 183 Å². The summed E-state index contributed by atoms with van der Waals surface area (Å²) in [4.78, 5) is 14.3. The number of rotatable bonds is 6. The number of β-amino-alcohol motifs (C(OH)–C–C–N with tert-alkyl or cyclic N) is 1. The zero-order valence-electron chi connectivity index (χ0n) is 18.1. The SMILES string of the molecule is Cc1nc(-c2ccccc2)nc(N2CCN(C[C@@H](C)O)CC2)c1Cc1ccccc1F. The molecule has 31 heavy (non-hydrogen) atoms. The Hall–Kier alpha value is -2.83. The van der Waals surface area contributed by atoms with Crippen LogP contribution in [0.5, 0.6) is 0 Å². The highest BCUT2D eigenvalue weighted by Crippen LogP contribution is 2.28. The van der Waals surface area contributed by atoms with Gasteiger partial charge in [0.1, 0.15) is 11.6 Å². The first-order valence-electron chi connectivity index (χ1n) is 10.8. The highest BCUT2D eigenvalue weighted by atomic mass is 19.1. The predicted octanol–water partition coefficient (Wildman–Crippen LogP) is 3.68. The van der Waals surface area contributed by atoms with E-state index in [-0.39, 0.29) is 11.9 Å². The molecule has 1 aromatic heterocycles. The molecule has 0 amide bonds. The number of aliphatic hydroxyl groups is 1. The van der Waals surface area contributed by atoms with E-state index >= 15 is 0 Å². The van der Waals surface area contributed by atoms with E-state index in [4.69, 9.17) is 9.97 Å². The van der Waals surface area contributed by atoms with Gasteiger partial charge in [-0.2, -0.15) is 0 Å². The van der Waals surface area contributed by atoms with Crippen LogP contribution in [0.15, 0.2) is 54.6 Å². The van der Waals surface area contributed by atoms with Gasteiger partial charge < -0.3 is 10.0 Å². The summed E-state index contributed by atoms with van der Waals surface area (Å²) in [6.07, 6.45) is 0.116. The molecule has 0 bridgehead atoms. The lowest BCUT2D eigenvalue weighted by molar-refractivity contribution is 0.122. The molecule has 1 aliphatic heterocycles. The Morgan fingerprint density at radius 2 is 1.65 bits per heavy atom. The number of piperazine rings is 1. The van der Waals surface area contributed by atoms with Gasteiger partial charge in [0, 0.05) is 56.0 Å². The molecular formula is C25H29FN4O. The van der Waals surface area contributed by atoms with Crippen molar-refractivity contribution >= 4 is 5.82 Å². The third-order valence-electron chi connectivity index (χ3n) is 5.74. The van der Waals surface area contributed by atoms with Crippen molar-refractivity contribution in [2.24, 2.45) is 0 Å². The molecule has 1 fully saturated rings. The van der Waals surface area contributed by atoms with Crippen molar-refractivity contribution in [3.05, 3.63) is 77.2 Å². The van der Waals surface area contributed by atoms with Crippen molar-refractivity contribution in [2.45, 2.75) is 26.4 Å². The Balaban J connectivity index is 1.70. The van der Waals surface area contributed by atoms with Crippen LogP contribution in [-0.4, -0.2) is 58.8 Å². The number of benzene rings is 2. The monoisotopic (exact) mass is 420 g/mol. The van der Waals surface area contributed by atoms with Crippen LogP contribution < -0.4 is 4.90 Å². The molecule has 2 heterocycles.